The number of hydrogen-bond donors (Lipinski definition) is 0. The van der Waals surface area contributed by atoms with Crippen LogP contribution in [0.4, 0.5) is 0 Å². The molecular formula is C12H13N2O. The van der Waals surface area contributed by atoms with Crippen molar-refractivity contribution in [3.8, 4) is 11.4 Å². The molecule has 2 rings (SSSR count). The molecule has 1 aromatic heterocycles. The molecule has 0 aliphatic carbocycles. The van der Waals surface area contributed by atoms with Crippen LogP contribution in [0.15, 0.2) is 24.3 Å². The Balaban J connectivity index is 2.49. The molecule has 3 nitrogen and oxygen atoms in total. The molecule has 0 spiro atoms. The van der Waals surface area contributed by atoms with Crippen molar-refractivity contribution in [2.45, 2.75) is 13.8 Å². The van der Waals surface area contributed by atoms with Gasteiger partial charge < -0.3 is 4.74 Å². The lowest BCUT2D eigenvalue weighted by molar-refractivity contribution is 0.414. The Labute approximate surface area is 89.3 Å². The molecule has 1 radical (unpaired) electrons. The molecule has 0 amide bonds. The molecule has 0 atom stereocenters. The molecule has 0 saturated carbocycles. The summed E-state index contributed by atoms with van der Waals surface area (Å²) in [5.41, 5.74) is 3.00. The second-order valence-electron chi connectivity index (χ2n) is 3.45. The van der Waals surface area contributed by atoms with Gasteiger partial charge in [0.15, 0.2) is 0 Å². The standard InChI is InChI=1S/C12H13N2O/c1-9-7-10(2)14(13-9)11-5-4-6-12(8-11)15-3/h4,6-8H,1-3H3. The van der Waals surface area contributed by atoms with E-state index in [-0.39, 0.29) is 0 Å². The molecule has 77 valence electrons. The van der Waals surface area contributed by atoms with Crippen molar-refractivity contribution in [3.63, 3.8) is 0 Å². The predicted octanol–water partition coefficient (Wildman–Crippen LogP) is 2.30. The molecule has 0 aliphatic rings. The molecule has 0 unspecified atom stereocenters. The Morgan fingerprint density at radius 3 is 2.73 bits per heavy atom. The molecule has 0 fully saturated rings. The number of nitrogens with zero attached hydrogens (tertiary/aromatic N) is 2. The van der Waals surface area contributed by atoms with Crippen LogP contribution in [0.5, 0.6) is 5.75 Å². The fourth-order valence-corrected chi connectivity index (χ4v) is 1.56. The average Bonchev–Trinajstić information content (AvgIpc) is 2.58. The first kappa shape index (κ1) is 9.77. The van der Waals surface area contributed by atoms with E-state index in [1.807, 2.05) is 42.8 Å². The summed E-state index contributed by atoms with van der Waals surface area (Å²) in [6.45, 7) is 4.00. The van der Waals surface area contributed by atoms with Gasteiger partial charge in [0.25, 0.3) is 0 Å². The second kappa shape index (κ2) is 3.77. The lowest BCUT2D eigenvalue weighted by atomic mass is 10.3. The van der Waals surface area contributed by atoms with E-state index in [0.717, 1.165) is 22.8 Å². The van der Waals surface area contributed by atoms with Gasteiger partial charge in [-0.2, -0.15) is 5.10 Å². The SMILES string of the molecule is COc1cc[c]c(-n2nc(C)cc2C)c1. The van der Waals surface area contributed by atoms with Gasteiger partial charge in [0.1, 0.15) is 5.75 Å². The lowest BCUT2D eigenvalue weighted by Gasteiger charge is -2.05. The highest BCUT2D eigenvalue weighted by Gasteiger charge is 2.04. The van der Waals surface area contributed by atoms with E-state index in [0.29, 0.717) is 0 Å². The van der Waals surface area contributed by atoms with Gasteiger partial charge >= 0.3 is 0 Å². The van der Waals surface area contributed by atoms with Gasteiger partial charge in [-0.1, -0.05) is 0 Å². The first-order valence-electron chi connectivity index (χ1n) is 4.80. The maximum absolute atomic E-state index is 5.16. The van der Waals surface area contributed by atoms with Crippen molar-refractivity contribution in [1.82, 2.24) is 9.78 Å². The highest BCUT2D eigenvalue weighted by Crippen LogP contribution is 2.17. The van der Waals surface area contributed by atoms with Crippen LogP contribution in [0, 0.1) is 19.9 Å². The van der Waals surface area contributed by atoms with Crippen molar-refractivity contribution in [1.29, 1.82) is 0 Å². The van der Waals surface area contributed by atoms with Gasteiger partial charge in [-0.15, -0.1) is 0 Å². The Kier molecular flexibility index (Phi) is 2.46. The Bertz CT molecular complexity index is 474. The number of benzene rings is 1. The number of hydrogen-bond acceptors (Lipinski definition) is 2. The van der Waals surface area contributed by atoms with Gasteiger partial charge in [0, 0.05) is 17.8 Å². The smallest absolute Gasteiger partial charge is 0.121 e. The molecule has 0 saturated heterocycles. The first-order valence-corrected chi connectivity index (χ1v) is 4.80. The second-order valence-corrected chi connectivity index (χ2v) is 3.45. The summed E-state index contributed by atoms with van der Waals surface area (Å²) in [5, 5.41) is 4.39. The molecule has 2 aromatic rings. The summed E-state index contributed by atoms with van der Waals surface area (Å²) in [4.78, 5) is 0. The maximum Gasteiger partial charge on any atom is 0.121 e. The molecule has 15 heavy (non-hydrogen) atoms. The van der Waals surface area contributed by atoms with Crippen LogP contribution in [0.2, 0.25) is 0 Å². The number of rotatable bonds is 2. The summed E-state index contributed by atoms with van der Waals surface area (Å²) in [5.74, 6) is 0.816. The first-order chi connectivity index (χ1) is 7.20. The fourth-order valence-electron chi connectivity index (χ4n) is 1.56. The van der Waals surface area contributed by atoms with E-state index in [1.54, 1.807) is 7.11 Å². The van der Waals surface area contributed by atoms with Crippen LogP contribution < -0.4 is 4.74 Å². The quantitative estimate of drug-likeness (QED) is 0.745. The molecule has 0 N–H and O–H groups in total. The van der Waals surface area contributed by atoms with E-state index in [4.69, 9.17) is 4.74 Å². The minimum absolute atomic E-state index is 0.816. The summed E-state index contributed by atoms with van der Waals surface area (Å²) < 4.78 is 7.02. The fraction of sp³-hybridized carbons (Fsp3) is 0.250. The largest absolute Gasteiger partial charge is 0.497 e. The minimum Gasteiger partial charge on any atom is -0.497 e. The molecule has 1 aromatic carbocycles. The van der Waals surface area contributed by atoms with Crippen LogP contribution in [-0.4, -0.2) is 16.9 Å². The third kappa shape index (κ3) is 1.86. The third-order valence-corrected chi connectivity index (χ3v) is 2.23. The Morgan fingerprint density at radius 2 is 2.13 bits per heavy atom. The van der Waals surface area contributed by atoms with Crippen molar-refractivity contribution < 1.29 is 4.74 Å². The van der Waals surface area contributed by atoms with E-state index >= 15 is 0 Å². The van der Waals surface area contributed by atoms with Crippen molar-refractivity contribution in [3.05, 3.63) is 41.7 Å². The monoisotopic (exact) mass is 201 g/mol. The molecule has 3 heteroatoms. The zero-order valence-corrected chi connectivity index (χ0v) is 9.11. The van der Waals surface area contributed by atoms with Gasteiger partial charge in [-0.25, -0.2) is 4.68 Å². The number of aromatic nitrogens is 2. The van der Waals surface area contributed by atoms with Crippen molar-refractivity contribution in [2.24, 2.45) is 0 Å². The van der Waals surface area contributed by atoms with Crippen molar-refractivity contribution >= 4 is 0 Å². The molecular weight excluding hydrogens is 188 g/mol. The normalized spacial score (nSPS) is 10.3. The summed E-state index contributed by atoms with van der Waals surface area (Å²) in [7, 11) is 1.65. The zero-order chi connectivity index (χ0) is 10.8. The highest BCUT2D eigenvalue weighted by molar-refractivity contribution is 5.38. The van der Waals surface area contributed by atoms with Crippen LogP contribution in [0.3, 0.4) is 0 Å². The van der Waals surface area contributed by atoms with E-state index in [2.05, 4.69) is 11.2 Å². The number of ether oxygens (including phenoxy) is 1. The Hall–Kier alpha value is -1.77. The van der Waals surface area contributed by atoms with Gasteiger partial charge in [0.2, 0.25) is 0 Å². The number of aryl methyl sites for hydroxylation is 2. The Morgan fingerprint density at radius 1 is 1.33 bits per heavy atom. The van der Waals surface area contributed by atoms with Crippen LogP contribution in [0.1, 0.15) is 11.4 Å². The lowest BCUT2D eigenvalue weighted by Crippen LogP contribution is -1.99. The highest BCUT2D eigenvalue weighted by atomic mass is 16.5. The van der Waals surface area contributed by atoms with Crippen LogP contribution in [0.25, 0.3) is 5.69 Å². The molecule has 0 aliphatic heterocycles. The molecule has 0 bridgehead atoms. The van der Waals surface area contributed by atoms with Crippen molar-refractivity contribution in [2.75, 3.05) is 7.11 Å². The molecule has 1 heterocycles. The minimum atomic E-state index is 0.816. The zero-order valence-electron chi connectivity index (χ0n) is 9.11. The topological polar surface area (TPSA) is 27.1 Å². The predicted molar refractivity (Wildman–Crippen MR) is 58.4 cm³/mol. The average molecular weight is 201 g/mol. The van der Waals surface area contributed by atoms with E-state index in [9.17, 15) is 0 Å². The summed E-state index contributed by atoms with van der Waals surface area (Å²) in [6, 6.07) is 10.8. The van der Waals surface area contributed by atoms with Gasteiger partial charge in [0.05, 0.1) is 18.5 Å². The van der Waals surface area contributed by atoms with E-state index in [1.165, 1.54) is 0 Å². The van der Waals surface area contributed by atoms with Gasteiger partial charge in [-0.05, 0) is 32.0 Å². The van der Waals surface area contributed by atoms with Crippen LogP contribution >= 0.6 is 0 Å². The summed E-state index contributed by atoms with van der Waals surface area (Å²) in [6.07, 6.45) is 0. The number of methoxy groups -OCH3 is 1. The van der Waals surface area contributed by atoms with Crippen LogP contribution in [-0.2, 0) is 0 Å². The van der Waals surface area contributed by atoms with Gasteiger partial charge in [-0.3, -0.25) is 0 Å². The van der Waals surface area contributed by atoms with E-state index < -0.39 is 0 Å². The maximum atomic E-state index is 5.16. The third-order valence-electron chi connectivity index (χ3n) is 2.23. The summed E-state index contributed by atoms with van der Waals surface area (Å²) >= 11 is 0.